The van der Waals surface area contributed by atoms with Crippen LogP contribution < -0.4 is 5.32 Å². The largest absolute Gasteiger partial charge is 0.314 e. The Morgan fingerprint density at radius 3 is 2.26 bits per heavy atom. The Bertz CT molecular complexity index is 377. The van der Waals surface area contributed by atoms with Gasteiger partial charge in [0, 0.05) is 37.8 Å². The number of hydrogen-bond donors (Lipinski definition) is 1. The molecule has 1 aliphatic heterocycles. The zero-order valence-corrected chi connectivity index (χ0v) is 11.4. The van der Waals surface area contributed by atoms with Crippen molar-refractivity contribution in [3.8, 4) is 0 Å². The van der Waals surface area contributed by atoms with E-state index in [9.17, 15) is 13.2 Å². The van der Waals surface area contributed by atoms with Crippen LogP contribution >= 0.6 is 12.4 Å². The van der Waals surface area contributed by atoms with Crippen LogP contribution in [0.5, 0.6) is 0 Å². The number of nitrogens with zero attached hydrogens (tertiary/aromatic N) is 1. The standard InChI is InChI=1S/C13H17F3N2.ClH/c14-5-4-12(18-8-6-17-7-9-18)13-10(15)2-1-3-11(13)16;/h1-3,12,17H,4-9H2;1H/t12-;/m0./s1. The summed E-state index contributed by atoms with van der Waals surface area (Å²) in [5.74, 6) is -1.18. The van der Waals surface area contributed by atoms with E-state index in [-0.39, 0.29) is 24.4 Å². The zero-order chi connectivity index (χ0) is 13.0. The summed E-state index contributed by atoms with van der Waals surface area (Å²) in [6.45, 7) is 2.30. The zero-order valence-electron chi connectivity index (χ0n) is 10.5. The lowest BCUT2D eigenvalue weighted by atomic mass is 10.0. The molecule has 0 unspecified atom stereocenters. The molecule has 0 aromatic heterocycles. The molecule has 1 aromatic rings. The highest BCUT2D eigenvalue weighted by molar-refractivity contribution is 5.85. The third-order valence-electron chi connectivity index (χ3n) is 3.31. The predicted octanol–water partition coefficient (Wildman–Crippen LogP) is 2.69. The van der Waals surface area contributed by atoms with Crippen LogP contribution in [0.1, 0.15) is 18.0 Å². The summed E-state index contributed by atoms with van der Waals surface area (Å²) >= 11 is 0. The first-order valence-electron chi connectivity index (χ1n) is 6.18. The van der Waals surface area contributed by atoms with Gasteiger partial charge in [-0.3, -0.25) is 9.29 Å². The van der Waals surface area contributed by atoms with E-state index in [0.717, 1.165) is 13.1 Å². The van der Waals surface area contributed by atoms with Crippen LogP contribution in [0.3, 0.4) is 0 Å². The molecule has 1 aliphatic rings. The van der Waals surface area contributed by atoms with E-state index in [0.29, 0.717) is 13.1 Å². The number of halogens is 4. The van der Waals surface area contributed by atoms with E-state index >= 15 is 0 Å². The topological polar surface area (TPSA) is 15.3 Å². The van der Waals surface area contributed by atoms with Crippen molar-refractivity contribution in [3.63, 3.8) is 0 Å². The van der Waals surface area contributed by atoms with E-state index < -0.39 is 24.4 Å². The molecule has 6 heteroatoms. The molecule has 2 rings (SSSR count). The molecule has 0 amide bonds. The van der Waals surface area contributed by atoms with Crippen LogP contribution in [-0.4, -0.2) is 37.8 Å². The van der Waals surface area contributed by atoms with Gasteiger partial charge in [0.05, 0.1) is 6.67 Å². The molecule has 1 saturated heterocycles. The second-order valence-electron chi connectivity index (χ2n) is 4.41. The van der Waals surface area contributed by atoms with Gasteiger partial charge in [-0.2, -0.15) is 0 Å². The number of hydrogen-bond acceptors (Lipinski definition) is 2. The Labute approximate surface area is 117 Å². The van der Waals surface area contributed by atoms with Gasteiger partial charge >= 0.3 is 0 Å². The minimum Gasteiger partial charge on any atom is -0.314 e. The van der Waals surface area contributed by atoms with Gasteiger partial charge in [0.25, 0.3) is 0 Å². The lowest BCUT2D eigenvalue weighted by molar-refractivity contribution is 0.151. The molecule has 1 fully saturated rings. The van der Waals surface area contributed by atoms with Crippen molar-refractivity contribution < 1.29 is 13.2 Å². The maximum absolute atomic E-state index is 13.8. The van der Waals surface area contributed by atoms with Gasteiger partial charge in [-0.15, -0.1) is 12.4 Å². The van der Waals surface area contributed by atoms with Gasteiger partial charge < -0.3 is 5.32 Å². The van der Waals surface area contributed by atoms with E-state index in [1.165, 1.54) is 18.2 Å². The maximum atomic E-state index is 13.8. The van der Waals surface area contributed by atoms with Crippen LogP contribution in [0, 0.1) is 11.6 Å². The van der Waals surface area contributed by atoms with Crippen LogP contribution in [0.15, 0.2) is 18.2 Å². The van der Waals surface area contributed by atoms with Gasteiger partial charge in [-0.05, 0) is 18.6 Å². The molecule has 0 aliphatic carbocycles. The summed E-state index contributed by atoms with van der Waals surface area (Å²) in [6.07, 6.45) is 0.123. The Balaban J connectivity index is 0.00000180. The van der Waals surface area contributed by atoms with E-state index in [1.807, 2.05) is 4.90 Å². The van der Waals surface area contributed by atoms with Crippen molar-refractivity contribution in [2.45, 2.75) is 12.5 Å². The first kappa shape index (κ1) is 16.3. The molecule has 1 heterocycles. The smallest absolute Gasteiger partial charge is 0.130 e. The molecule has 0 radical (unpaired) electrons. The van der Waals surface area contributed by atoms with Gasteiger partial charge in [-0.25, -0.2) is 8.78 Å². The lowest BCUT2D eigenvalue weighted by Gasteiger charge is -2.35. The number of alkyl halides is 1. The van der Waals surface area contributed by atoms with E-state index in [2.05, 4.69) is 5.32 Å². The fraction of sp³-hybridized carbons (Fsp3) is 0.538. The summed E-state index contributed by atoms with van der Waals surface area (Å²) in [5.41, 5.74) is -0.00273. The average molecular weight is 295 g/mol. The van der Waals surface area contributed by atoms with Crippen LogP contribution in [0.25, 0.3) is 0 Å². The molecule has 0 saturated carbocycles. The predicted molar refractivity (Wildman–Crippen MR) is 71.4 cm³/mol. The van der Waals surface area contributed by atoms with Crippen molar-refractivity contribution in [1.82, 2.24) is 10.2 Å². The quantitative estimate of drug-likeness (QED) is 0.918. The third kappa shape index (κ3) is 3.84. The minimum absolute atomic E-state index is 0. The Hall–Kier alpha value is -0.780. The first-order valence-corrected chi connectivity index (χ1v) is 6.18. The molecule has 2 nitrogen and oxygen atoms in total. The summed E-state index contributed by atoms with van der Waals surface area (Å²) in [4.78, 5) is 1.94. The van der Waals surface area contributed by atoms with Crippen LogP contribution in [0.4, 0.5) is 13.2 Å². The fourth-order valence-electron chi connectivity index (χ4n) is 2.44. The Morgan fingerprint density at radius 1 is 1.16 bits per heavy atom. The highest BCUT2D eigenvalue weighted by Crippen LogP contribution is 2.29. The third-order valence-corrected chi connectivity index (χ3v) is 3.31. The Kier molecular flexibility index (Phi) is 6.62. The summed E-state index contributed by atoms with van der Waals surface area (Å²) in [7, 11) is 0. The first-order chi connectivity index (χ1) is 8.74. The van der Waals surface area contributed by atoms with Crippen LogP contribution in [0.2, 0.25) is 0 Å². The van der Waals surface area contributed by atoms with Crippen molar-refractivity contribution in [2.24, 2.45) is 0 Å². The van der Waals surface area contributed by atoms with Crippen molar-refractivity contribution in [1.29, 1.82) is 0 Å². The van der Waals surface area contributed by atoms with Gasteiger partial charge in [0.15, 0.2) is 0 Å². The molecular weight excluding hydrogens is 277 g/mol. The fourth-order valence-corrected chi connectivity index (χ4v) is 2.44. The molecule has 1 atom stereocenters. The number of rotatable bonds is 4. The molecular formula is C13H18ClF3N2. The average Bonchev–Trinajstić information content (AvgIpc) is 2.38. The molecule has 19 heavy (non-hydrogen) atoms. The Morgan fingerprint density at radius 2 is 1.74 bits per heavy atom. The number of piperazine rings is 1. The van der Waals surface area contributed by atoms with Gasteiger partial charge in [0.1, 0.15) is 11.6 Å². The SMILES string of the molecule is Cl.FCC[C@@H](c1c(F)cccc1F)N1CCNCC1. The highest BCUT2D eigenvalue weighted by Gasteiger charge is 2.26. The molecule has 0 spiro atoms. The second-order valence-corrected chi connectivity index (χ2v) is 4.41. The summed E-state index contributed by atoms with van der Waals surface area (Å²) in [5, 5.41) is 3.17. The van der Waals surface area contributed by atoms with Crippen molar-refractivity contribution >= 4 is 12.4 Å². The van der Waals surface area contributed by atoms with E-state index in [4.69, 9.17) is 0 Å². The lowest BCUT2D eigenvalue weighted by Crippen LogP contribution is -2.45. The van der Waals surface area contributed by atoms with Gasteiger partial charge in [-0.1, -0.05) is 6.07 Å². The van der Waals surface area contributed by atoms with Gasteiger partial charge in [0.2, 0.25) is 0 Å². The van der Waals surface area contributed by atoms with Crippen molar-refractivity contribution in [2.75, 3.05) is 32.9 Å². The normalized spacial score (nSPS) is 17.8. The highest BCUT2D eigenvalue weighted by atomic mass is 35.5. The number of benzene rings is 1. The second kappa shape index (κ2) is 7.72. The summed E-state index contributed by atoms with van der Waals surface area (Å²) in [6, 6.07) is 3.27. The molecule has 1 aromatic carbocycles. The summed E-state index contributed by atoms with van der Waals surface area (Å²) < 4.78 is 40.2. The van der Waals surface area contributed by atoms with E-state index in [1.54, 1.807) is 0 Å². The molecule has 0 bridgehead atoms. The molecule has 108 valence electrons. The minimum atomic E-state index is -0.591. The monoisotopic (exact) mass is 294 g/mol. The van der Waals surface area contributed by atoms with Crippen molar-refractivity contribution in [3.05, 3.63) is 35.4 Å². The number of nitrogens with one attached hydrogen (secondary N) is 1. The molecule has 1 N–H and O–H groups in total. The maximum Gasteiger partial charge on any atom is 0.130 e. The van der Waals surface area contributed by atoms with Crippen LogP contribution in [-0.2, 0) is 0 Å².